The predicted molar refractivity (Wildman–Crippen MR) is 137 cm³/mol. The van der Waals surface area contributed by atoms with Crippen LogP contribution in [0.4, 0.5) is 10.8 Å². The molecule has 0 spiro atoms. The van der Waals surface area contributed by atoms with Gasteiger partial charge < -0.3 is 10.2 Å². The summed E-state index contributed by atoms with van der Waals surface area (Å²) in [4.78, 5) is 12.2. The Labute approximate surface area is 196 Å². The Morgan fingerprint density at radius 2 is 1.84 bits per heavy atom. The van der Waals surface area contributed by atoms with Gasteiger partial charge in [-0.1, -0.05) is 77.7 Å². The van der Waals surface area contributed by atoms with Crippen molar-refractivity contribution in [2.45, 2.75) is 24.1 Å². The normalized spacial score (nSPS) is 20.7. The van der Waals surface area contributed by atoms with Crippen molar-refractivity contribution < 1.29 is 0 Å². The maximum absolute atomic E-state index is 5.12. The maximum atomic E-state index is 5.12. The molecule has 1 aliphatic carbocycles. The zero-order chi connectivity index (χ0) is 21.5. The fraction of sp³-hybridized carbons (Fsp3) is 0.231. The zero-order valence-corrected chi connectivity index (χ0v) is 19.5. The lowest BCUT2D eigenvalue weighted by Crippen LogP contribution is -2.23. The minimum atomic E-state index is 0.433. The van der Waals surface area contributed by atoms with E-state index >= 15 is 0 Å². The highest BCUT2D eigenvalue weighted by atomic mass is 32.2. The van der Waals surface area contributed by atoms with Crippen LogP contribution < -0.4 is 5.32 Å². The van der Waals surface area contributed by atoms with Crippen molar-refractivity contribution in [2.75, 3.05) is 18.9 Å². The molecule has 1 saturated heterocycles. The van der Waals surface area contributed by atoms with E-state index in [9.17, 15) is 0 Å². The Balaban J connectivity index is 1.18. The number of benzene rings is 3. The molecule has 32 heavy (non-hydrogen) atoms. The van der Waals surface area contributed by atoms with Gasteiger partial charge in [-0.25, -0.2) is 9.98 Å². The van der Waals surface area contributed by atoms with E-state index in [1.54, 1.807) is 11.3 Å². The number of thioether (sulfide) groups is 1. The first kappa shape index (κ1) is 19.8. The average Bonchev–Trinajstić information content (AvgIpc) is 3.47. The molecule has 6 heteroatoms. The van der Waals surface area contributed by atoms with Crippen molar-refractivity contribution in [1.82, 2.24) is 9.88 Å². The molecule has 4 aromatic rings. The molecule has 160 valence electrons. The highest BCUT2D eigenvalue weighted by molar-refractivity contribution is 8.14. The molecule has 3 aromatic carbocycles. The first-order chi connectivity index (χ1) is 15.8. The summed E-state index contributed by atoms with van der Waals surface area (Å²) in [5.74, 6) is 0. The average molecular weight is 457 g/mol. The molecule has 2 atom stereocenters. The molecule has 1 fully saturated rings. The molecule has 0 bridgehead atoms. The van der Waals surface area contributed by atoms with Crippen LogP contribution in [0.15, 0.2) is 77.8 Å². The summed E-state index contributed by atoms with van der Waals surface area (Å²) in [5.41, 5.74) is 6.34. The summed E-state index contributed by atoms with van der Waals surface area (Å²) in [6.45, 7) is 0.837. The summed E-state index contributed by atoms with van der Waals surface area (Å²) >= 11 is 3.63. The van der Waals surface area contributed by atoms with E-state index in [-0.39, 0.29) is 0 Å². The van der Waals surface area contributed by atoms with Gasteiger partial charge in [0, 0.05) is 18.8 Å². The summed E-state index contributed by atoms with van der Waals surface area (Å²) in [6.07, 6.45) is 2.04. The number of amidine groups is 1. The first-order valence-corrected chi connectivity index (χ1v) is 12.7. The van der Waals surface area contributed by atoms with Gasteiger partial charge in [0.15, 0.2) is 10.3 Å². The van der Waals surface area contributed by atoms with Crippen LogP contribution in [0.25, 0.3) is 10.2 Å². The van der Waals surface area contributed by atoms with Gasteiger partial charge in [-0.2, -0.15) is 0 Å². The van der Waals surface area contributed by atoms with E-state index in [1.165, 1.54) is 21.4 Å². The standard InChI is InChI=1S/C26H24N4S2/c1-30-24-19-10-4-2-9-18(19)16-23(24)32-26(30)29-20-11-5-3-8-17(20)14-15-27-25-28-21-12-6-7-13-22(21)31-25/h2-13,23-24H,14-16H2,1H3,(H,27,28)/b29-26+/t23?,24-/m0/s1. The van der Waals surface area contributed by atoms with E-state index in [0.29, 0.717) is 11.3 Å². The van der Waals surface area contributed by atoms with E-state index < -0.39 is 0 Å². The van der Waals surface area contributed by atoms with Crippen LogP contribution in [-0.2, 0) is 12.8 Å². The molecule has 6 rings (SSSR count). The molecule has 1 unspecified atom stereocenters. The van der Waals surface area contributed by atoms with Crippen LogP contribution >= 0.6 is 23.1 Å². The topological polar surface area (TPSA) is 40.5 Å². The molecule has 0 amide bonds. The summed E-state index contributed by atoms with van der Waals surface area (Å²) in [5, 5.41) is 6.16. The Bertz CT molecular complexity index is 1280. The third-order valence-electron chi connectivity index (χ3n) is 6.29. The number of hydrogen-bond acceptors (Lipinski definition) is 5. The molecule has 1 aromatic heterocycles. The maximum Gasteiger partial charge on any atom is 0.183 e. The minimum Gasteiger partial charge on any atom is -0.361 e. The second kappa shape index (κ2) is 8.26. The first-order valence-electron chi connectivity index (χ1n) is 11.0. The van der Waals surface area contributed by atoms with Crippen molar-refractivity contribution in [2.24, 2.45) is 4.99 Å². The second-order valence-electron chi connectivity index (χ2n) is 8.30. The number of aromatic nitrogens is 1. The van der Waals surface area contributed by atoms with Crippen molar-refractivity contribution in [3.8, 4) is 0 Å². The number of para-hydroxylation sites is 2. The lowest BCUT2D eigenvalue weighted by atomic mass is 10.1. The number of nitrogens with zero attached hydrogens (tertiary/aromatic N) is 3. The quantitative estimate of drug-likeness (QED) is 0.383. The fourth-order valence-electron chi connectivity index (χ4n) is 4.73. The molecular formula is C26H24N4S2. The molecule has 2 aliphatic rings. The Kier molecular flexibility index (Phi) is 5.12. The van der Waals surface area contributed by atoms with Gasteiger partial charge in [0.05, 0.1) is 21.9 Å². The van der Waals surface area contributed by atoms with Crippen LogP contribution in [0, 0.1) is 0 Å². The van der Waals surface area contributed by atoms with Crippen LogP contribution in [0.1, 0.15) is 22.7 Å². The highest BCUT2D eigenvalue weighted by Gasteiger charge is 2.43. The van der Waals surface area contributed by atoms with Crippen LogP contribution in [-0.4, -0.2) is 33.9 Å². The smallest absolute Gasteiger partial charge is 0.183 e. The van der Waals surface area contributed by atoms with Gasteiger partial charge in [0.1, 0.15) is 0 Å². The second-order valence-corrected chi connectivity index (χ2v) is 10.5. The van der Waals surface area contributed by atoms with E-state index in [1.807, 2.05) is 17.8 Å². The van der Waals surface area contributed by atoms with Gasteiger partial charge in [-0.15, -0.1) is 0 Å². The van der Waals surface area contributed by atoms with E-state index in [0.717, 1.165) is 40.9 Å². The number of aliphatic imine (C=N–C) groups is 1. The van der Waals surface area contributed by atoms with Crippen molar-refractivity contribution in [1.29, 1.82) is 0 Å². The zero-order valence-electron chi connectivity index (χ0n) is 17.9. The molecule has 2 heterocycles. The van der Waals surface area contributed by atoms with Gasteiger partial charge >= 0.3 is 0 Å². The number of rotatable bonds is 5. The molecule has 0 radical (unpaired) electrons. The summed E-state index contributed by atoms with van der Waals surface area (Å²) in [6, 6.07) is 26.1. The third-order valence-corrected chi connectivity index (χ3v) is 8.61. The lowest BCUT2D eigenvalue weighted by Gasteiger charge is -2.21. The molecular weight excluding hydrogens is 432 g/mol. The van der Waals surface area contributed by atoms with Gasteiger partial charge in [0.2, 0.25) is 0 Å². The number of nitrogens with one attached hydrogen (secondary N) is 1. The number of hydrogen-bond donors (Lipinski definition) is 1. The number of fused-ring (bicyclic) bond motifs is 4. The Morgan fingerprint density at radius 3 is 2.78 bits per heavy atom. The monoisotopic (exact) mass is 456 g/mol. The Morgan fingerprint density at radius 1 is 1.03 bits per heavy atom. The summed E-state index contributed by atoms with van der Waals surface area (Å²) < 4.78 is 1.22. The van der Waals surface area contributed by atoms with E-state index in [2.05, 4.69) is 89.0 Å². The van der Waals surface area contributed by atoms with Crippen molar-refractivity contribution >= 4 is 49.3 Å². The predicted octanol–water partition coefficient (Wildman–Crippen LogP) is 6.28. The van der Waals surface area contributed by atoms with Crippen LogP contribution in [0.3, 0.4) is 0 Å². The number of anilines is 1. The van der Waals surface area contributed by atoms with Crippen LogP contribution in [0.2, 0.25) is 0 Å². The van der Waals surface area contributed by atoms with Crippen molar-refractivity contribution in [3.05, 3.63) is 89.5 Å². The minimum absolute atomic E-state index is 0.433. The largest absolute Gasteiger partial charge is 0.361 e. The van der Waals surface area contributed by atoms with Gasteiger partial charge in [-0.05, 0) is 47.7 Å². The van der Waals surface area contributed by atoms with Crippen molar-refractivity contribution in [3.63, 3.8) is 0 Å². The molecule has 4 nitrogen and oxygen atoms in total. The molecule has 1 aliphatic heterocycles. The number of thiazole rings is 1. The van der Waals surface area contributed by atoms with Crippen LogP contribution in [0.5, 0.6) is 0 Å². The molecule has 1 N–H and O–H groups in total. The summed E-state index contributed by atoms with van der Waals surface area (Å²) in [7, 11) is 2.19. The highest BCUT2D eigenvalue weighted by Crippen LogP contribution is 2.48. The fourth-order valence-corrected chi connectivity index (χ4v) is 7.04. The van der Waals surface area contributed by atoms with Gasteiger partial charge in [0.25, 0.3) is 0 Å². The molecule has 0 saturated carbocycles. The van der Waals surface area contributed by atoms with Gasteiger partial charge in [-0.3, -0.25) is 0 Å². The van der Waals surface area contributed by atoms with E-state index in [4.69, 9.17) is 4.99 Å². The third kappa shape index (κ3) is 3.57. The Hall–Kier alpha value is -2.83. The SMILES string of the molecule is CN1/C(=N\c2ccccc2CCNc2nc3ccccc3s2)SC2Cc3ccccc3[C@@H]21. The lowest BCUT2D eigenvalue weighted by molar-refractivity contribution is 0.402.